The topological polar surface area (TPSA) is 105 Å². The maximum atomic E-state index is 13.3. The van der Waals surface area contributed by atoms with Gasteiger partial charge in [0.25, 0.3) is 5.91 Å². The van der Waals surface area contributed by atoms with E-state index in [1.165, 1.54) is 30.7 Å². The second kappa shape index (κ2) is 10.9. The van der Waals surface area contributed by atoms with Crippen LogP contribution < -0.4 is 14.8 Å². The molecular weight excluding hydrogens is 458 g/mol. The van der Waals surface area contributed by atoms with Crippen LogP contribution in [0.25, 0.3) is 0 Å². The number of ether oxygens (including phenoxy) is 2. The van der Waals surface area contributed by atoms with Crippen LogP contribution in [0.15, 0.2) is 53.4 Å². The van der Waals surface area contributed by atoms with Gasteiger partial charge in [0.1, 0.15) is 17.5 Å². The van der Waals surface area contributed by atoms with Crippen molar-refractivity contribution in [2.24, 2.45) is 5.92 Å². The first-order chi connectivity index (χ1) is 16.2. The van der Waals surface area contributed by atoms with Gasteiger partial charge in [0.2, 0.25) is 15.9 Å². The highest BCUT2D eigenvalue weighted by atomic mass is 32.2. The second-order valence-corrected chi connectivity index (χ2v) is 10.2. The molecule has 9 nitrogen and oxygen atoms in total. The first-order valence-corrected chi connectivity index (χ1v) is 12.5. The van der Waals surface area contributed by atoms with Crippen molar-refractivity contribution in [2.75, 3.05) is 40.4 Å². The molecule has 0 aromatic heterocycles. The van der Waals surface area contributed by atoms with E-state index in [2.05, 4.69) is 5.32 Å². The molecule has 0 aliphatic carbocycles. The Balaban J connectivity index is 1.66. The minimum absolute atomic E-state index is 0.160. The van der Waals surface area contributed by atoms with Crippen molar-refractivity contribution in [1.82, 2.24) is 14.5 Å². The molecule has 2 amide bonds. The van der Waals surface area contributed by atoms with Crippen molar-refractivity contribution in [3.05, 3.63) is 54.1 Å². The van der Waals surface area contributed by atoms with Gasteiger partial charge in [0.05, 0.1) is 24.7 Å². The van der Waals surface area contributed by atoms with E-state index < -0.39 is 22.0 Å². The summed E-state index contributed by atoms with van der Waals surface area (Å²) in [4.78, 5) is 27.9. The molecule has 34 heavy (non-hydrogen) atoms. The molecule has 1 atom stereocenters. The van der Waals surface area contributed by atoms with Gasteiger partial charge in [-0.3, -0.25) is 9.59 Å². The van der Waals surface area contributed by atoms with Gasteiger partial charge in [-0.2, -0.15) is 4.31 Å². The third-order valence-corrected chi connectivity index (χ3v) is 7.73. The Morgan fingerprint density at radius 1 is 0.912 bits per heavy atom. The molecule has 1 aliphatic rings. The number of sulfonamides is 1. The van der Waals surface area contributed by atoms with E-state index in [1.54, 1.807) is 41.3 Å². The van der Waals surface area contributed by atoms with Crippen LogP contribution in [0.5, 0.6) is 11.5 Å². The number of methoxy groups -OCH3 is 2. The molecule has 0 saturated carbocycles. The smallest absolute Gasteiger partial charge is 0.255 e. The lowest BCUT2D eigenvalue weighted by molar-refractivity contribution is -0.135. The minimum atomic E-state index is -3.68. The fourth-order valence-corrected chi connectivity index (χ4v) is 5.23. The summed E-state index contributed by atoms with van der Waals surface area (Å²) in [6.07, 6.45) is 0. The summed E-state index contributed by atoms with van der Waals surface area (Å²) in [5, 5.41) is 2.83. The predicted octanol–water partition coefficient (Wildman–Crippen LogP) is 1.99. The third-order valence-electron chi connectivity index (χ3n) is 5.82. The summed E-state index contributed by atoms with van der Waals surface area (Å²) in [7, 11) is -0.680. The van der Waals surface area contributed by atoms with Crippen LogP contribution in [-0.2, 0) is 14.8 Å². The minimum Gasteiger partial charge on any atom is -0.497 e. The lowest BCUT2D eigenvalue weighted by atomic mass is 10.0. The van der Waals surface area contributed by atoms with Crippen LogP contribution >= 0.6 is 0 Å². The summed E-state index contributed by atoms with van der Waals surface area (Å²) in [5.74, 6) is 0.203. The fraction of sp³-hybridized carbons (Fsp3) is 0.417. The molecule has 1 N–H and O–H groups in total. The van der Waals surface area contributed by atoms with Gasteiger partial charge in [0.15, 0.2) is 0 Å². The van der Waals surface area contributed by atoms with Crippen molar-refractivity contribution in [2.45, 2.75) is 24.8 Å². The zero-order valence-electron chi connectivity index (χ0n) is 19.9. The maximum Gasteiger partial charge on any atom is 0.255 e. The van der Waals surface area contributed by atoms with Gasteiger partial charge < -0.3 is 19.7 Å². The number of benzene rings is 2. The summed E-state index contributed by atoms with van der Waals surface area (Å²) < 4.78 is 37.7. The number of hydrogen-bond donors (Lipinski definition) is 1. The molecule has 1 fully saturated rings. The summed E-state index contributed by atoms with van der Waals surface area (Å²) in [5.41, 5.74) is 0.346. The van der Waals surface area contributed by atoms with E-state index in [-0.39, 0.29) is 42.9 Å². The quantitative estimate of drug-likeness (QED) is 0.608. The van der Waals surface area contributed by atoms with Crippen LogP contribution in [0.1, 0.15) is 24.2 Å². The molecule has 0 radical (unpaired) electrons. The molecule has 3 rings (SSSR count). The maximum absolute atomic E-state index is 13.3. The average molecular weight is 490 g/mol. The SMILES string of the molecule is COc1ccc(S(=O)(=O)N2CCN(C(=O)[C@@H](NC(=O)c3ccccc3OC)C(C)C)CC2)cc1. The summed E-state index contributed by atoms with van der Waals surface area (Å²) in [6, 6.07) is 12.3. The zero-order chi connectivity index (χ0) is 24.9. The molecule has 0 spiro atoms. The van der Waals surface area contributed by atoms with Gasteiger partial charge in [-0.05, 0) is 42.3 Å². The first-order valence-electron chi connectivity index (χ1n) is 11.1. The highest BCUT2D eigenvalue weighted by Crippen LogP contribution is 2.22. The standard InChI is InChI=1S/C24H31N3O6S/c1-17(2)22(25-23(28)20-7-5-6-8-21(20)33-4)24(29)26-13-15-27(16-14-26)34(30,31)19-11-9-18(32-3)10-12-19/h5-12,17,22H,13-16H2,1-4H3,(H,25,28)/t22-/m0/s1. The number of rotatable bonds is 8. The molecule has 1 aliphatic heterocycles. The molecular formula is C24H31N3O6S. The third kappa shape index (κ3) is 5.51. The van der Waals surface area contributed by atoms with Crippen molar-refractivity contribution < 1.29 is 27.5 Å². The Kier molecular flexibility index (Phi) is 8.16. The summed E-state index contributed by atoms with van der Waals surface area (Å²) in [6.45, 7) is 4.53. The van der Waals surface area contributed by atoms with Crippen molar-refractivity contribution in [3.8, 4) is 11.5 Å². The molecule has 1 saturated heterocycles. The van der Waals surface area contributed by atoms with E-state index in [0.717, 1.165) is 0 Å². The van der Waals surface area contributed by atoms with Crippen molar-refractivity contribution >= 4 is 21.8 Å². The predicted molar refractivity (Wildman–Crippen MR) is 127 cm³/mol. The number of para-hydroxylation sites is 1. The number of amides is 2. The van der Waals surface area contributed by atoms with Crippen molar-refractivity contribution in [3.63, 3.8) is 0 Å². The molecule has 2 aromatic carbocycles. The molecule has 10 heteroatoms. The second-order valence-electron chi connectivity index (χ2n) is 8.30. The molecule has 184 valence electrons. The number of piperazine rings is 1. The molecule has 2 aromatic rings. The lowest BCUT2D eigenvalue weighted by Gasteiger charge is -2.36. The Labute approximate surface area is 200 Å². The van der Waals surface area contributed by atoms with Gasteiger partial charge in [-0.15, -0.1) is 0 Å². The van der Waals surface area contributed by atoms with E-state index in [9.17, 15) is 18.0 Å². The average Bonchev–Trinajstić information content (AvgIpc) is 2.86. The van der Waals surface area contributed by atoms with Crippen LogP contribution in [0.2, 0.25) is 0 Å². The van der Waals surface area contributed by atoms with Crippen LogP contribution in [0.3, 0.4) is 0 Å². The Bertz CT molecular complexity index is 1110. The highest BCUT2D eigenvalue weighted by molar-refractivity contribution is 7.89. The lowest BCUT2D eigenvalue weighted by Crippen LogP contribution is -2.57. The summed E-state index contributed by atoms with van der Waals surface area (Å²) >= 11 is 0. The fourth-order valence-electron chi connectivity index (χ4n) is 3.81. The molecule has 0 bridgehead atoms. The molecule has 1 heterocycles. The Morgan fingerprint density at radius 2 is 1.53 bits per heavy atom. The number of hydrogen-bond acceptors (Lipinski definition) is 6. The van der Waals surface area contributed by atoms with E-state index in [1.807, 2.05) is 13.8 Å². The highest BCUT2D eigenvalue weighted by Gasteiger charge is 2.34. The first kappa shape index (κ1) is 25.5. The molecule has 0 unspecified atom stereocenters. The van der Waals surface area contributed by atoms with E-state index >= 15 is 0 Å². The van der Waals surface area contributed by atoms with Crippen LogP contribution in [-0.4, -0.2) is 75.9 Å². The number of nitrogens with one attached hydrogen (secondary N) is 1. The number of carbonyl (C=O) groups is 2. The van der Waals surface area contributed by atoms with Gasteiger partial charge in [-0.25, -0.2) is 8.42 Å². The number of nitrogens with zero attached hydrogens (tertiary/aromatic N) is 2. The Hall–Kier alpha value is -3.11. The van der Waals surface area contributed by atoms with Gasteiger partial charge >= 0.3 is 0 Å². The van der Waals surface area contributed by atoms with Crippen LogP contribution in [0, 0.1) is 5.92 Å². The van der Waals surface area contributed by atoms with Gasteiger partial charge in [-0.1, -0.05) is 26.0 Å². The van der Waals surface area contributed by atoms with E-state index in [0.29, 0.717) is 17.1 Å². The normalized spacial score (nSPS) is 15.6. The number of carbonyl (C=O) groups excluding carboxylic acids is 2. The van der Waals surface area contributed by atoms with Crippen LogP contribution in [0.4, 0.5) is 0 Å². The zero-order valence-corrected chi connectivity index (χ0v) is 20.7. The van der Waals surface area contributed by atoms with E-state index in [4.69, 9.17) is 9.47 Å². The van der Waals surface area contributed by atoms with Gasteiger partial charge in [0, 0.05) is 26.2 Å². The largest absolute Gasteiger partial charge is 0.497 e. The van der Waals surface area contributed by atoms with Crippen molar-refractivity contribution in [1.29, 1.82) is 0 Å². The Morgan fingerprint density at radius 3 is 2.09 bits per heavy atom. The monoisotopic (exact) mass is 489 g/mol.